The Labute approximate surface area is 200 Å². The van der Waals surface area contributed by atoms with Gasteiger partial charge in [0.25, 0.3) is 0 Å². The van der Waals surface area contributed by atoms with Crippen LogP contribution in [-0.2, 0) is 4.79 Å². The molecule has 1 fully saturated rings. The van der Waals surface area contributed by atoms with Crippen molar-refractivity contribution in [2.75, 3.05) is 55.4 Å². The van der Waals surface area contributed by atoms with Crippen molar-refractivity contribution >= 4 is 29.2 Å². The third kappa shape index (κ3) is 6.41. The number of amides is 1. The standard InChI is InChI=1S/C25H33N5O2S/c1-32-22-10-6-5-9-21(22)29-15-17-30(18-16-29)24-25(28-14-13-27-24)33-19-23(31)26-12-11-20-7-3-2-4-8-20/h5-7,9-10,13-14H,2-4,8,11-12,15-19H2,1H3,(H,26,31). The molecule has 7 nitrogen and oxygen atoms in total. The molecule has 2 aromatic rings. The van der Waals surface area contributed by atoms with Gasteiger partial charge in [-0.25, -0.2) is 9.97 Å². The molecule has 176 valence electrons. The van der Waals surface area contributed by atoms with Crippen molar-refractivity contribution in [2.24, 2.45) is 0 Å². The van der Waals surface area contributed by atoms with Gasteiger partial charge in [0.05, 0.1) is 18.6 Å². The topological polar surface area (TPSA) is 70.6 Å². The first-order chi connectivity index (χ1) is 16.2. The van der Waals surface area contributed by atoms with E-state index in [1.54, 1.807) is 19.5 Å². The van der Waals surface area contributed by atoms with Gasteiger partial charge in [-0.05, 0) is 44.2 Å². The second-order valence-corrected chi connectivity index (χ2v) is 9.29. The summed E-state index contributed by atoms with van der Waals surface area (Å²) in [6, 6.07) is 8.13. The summed E-state index contributed by atoms with van der Waals surface area (Å²) < 4.78 is 5.52. The number of nitrogens with zero attached hydrogens (tertiary/aromatic N) is 4. The molecular formula is C25H33N5O2S. The maximum absolute atomic E-state index is 12.4. The van der Waals surface area contributed by atoms with Crippen LogP contribution in [0.3, 0.4) is 0 Å². The molecule has 0 bridgehead atoms. The van der Waals surface area contributed by atoms with E-state index < -0.39 is 0 Å². The van der Waals surface area contributed by atoms with Gasteiger partial charge in [0, 0.05) is 45.1 Å². The first-order valence-corrected chi connectivity index (χ1v) is 12.7. The minimum Gasteiger partial charge on any atom is -0.495 e. The minimum absolute atomic E-state index is 0.0500. The Balaban J connectivity index is 1.28. The number of carbonyl (C=O) groups is 1. The predicted octanol–water partition coefficient (Wildman–Crippen LogP) is 3.91. The Hall–Kier alpha value is -2.74. The molecular weight excluding hydrogens is 434 g/mol. The van der Waals surface area contributed by atoms with Gasteiger partial charge >= 0.3 is 0 Å². The number of ether oxygens (including phenoxy) is 1. The molecule has 1 aromatic heterocycles. The lowest BCUT2D eigenvalue weighted by Gasteiger charge is -2.37. The van der Waals surface area contributed by atoms with Gasteiger partial charge < -0.3 is 19.9 Å². The fourth-order valence-corrected chi connectivity index (χ4v) is 5.18. The number of anilines is 2. The smallest absolute Gasteiger partial charge is 0.230 e. The number of allylic oxidation sites excluding steroid dienone is 1. The lowest BCUT2D eigenvalue weighted by Crippen LogP contribution is -2.47. The molecule has 1 aliphatic heterocycles. The largest absolute Gasteiger partial charge is 0.495 e. The second-order valence-electron chi connectivity index (χ2n) is 8.33. The maximum atomic E-state index is 12.4. The summed E-state index contributed by atoms with van der Waals surface area (Å²) in [7, 11) is 1.71. The molecule has 0 saturated carbocycles. The van der Waals surface area contributed by atoms with Gasteiger partial charge in [-0.15, -0.1) is 0 Å². The van der Waals surface area contributed by atoms with Gasteiger partial charge in [0.15, 0.2) is 5.82 Å². The number of benzene rings is 1. The summed E-state index contributed by atoms with van der Waals surface area (Å²) in [6.07, 6.45) is 11.7. The number of rotatable bonds is 9. The van der Waals surface area contributed by atoms with E-state index in [9.17, 15) is 4.79 Å². The number of thioether (sulfide) groups is 1. The minimum atomic E-state index is 0.0500. The summed E-state index contributed by atoms with van der Waals surface area (Å²) in [6.45, 7) is 4.13. The zero-order valence-electron chi connectivity index (χ0n) is 19.3. The molecule has 1 saturated heterocycles. The average molecular weight is 468 g/mol. The van der Waals surface area contributed by atoms with E-state index in [2.05, 4.69) is 37.2 Å². The van der Waals surface area contributed by atoms with Gasteiger partial charge in [-0.3, -0.25) is 4.79 Å². The van der Waals surface area contributed by atoms with Crippen LogP contribution in [0.25, 0.3) is 0 Å². The number of hydrogen-bond donors (Lipinski definition) is 1. The highest BCUT2D eigenvalue weighted by Crippen LogP contribution is 2.31. The van der Waals surface area contributed by atoms with Crippen molar-refractivity contribution < 1.29 is 9.53 Å². The van der Waals surface area contributed by atoms with Crippen LogP contribution in [0.15, 0.2) is 53.3 Å². The van der Waals surface area contributed by atoms with Crippen molar-refractivity contribution in [3.63, 3.8) is 0 Å². The fraction of sp³-hybridized carbons (Fsp3) is 0.480. The molecule has 0 atom stereocenters. The Bertz CT molecular complexity index is 959. The third-order valence-electron chi connectivity index (χ3n) is 6.14. The summed E-state index contributed by atoms with van der Waals surface area (Å²) in [5.41, 5.74) is 2.60. The van der Waals surface area contributed by atoms with Crippen molar-refractivity contribution in [3.05, 3.63) is 48.3 Å². The molecule has 33 heavy (non-hydrogen) atoms. The zero-order valence-corrected chi connectivity index (χ0v) is 20.1. The van der Waals surface area contributed by atoms with Crippen LogP contribution in [-0.4, -0.2) is 61.5 Å². The van der Waals surface area contributed by atoms with Gasteiger partial charge in [0.2, 0.25) is 5.91 Å². The highest BCUT2D eigenvalue weighted by atomic mass is 32.2. The molecule has 1 aliphatic carbocycles. The number of nitrogens with one attached hydrogen (secondary N) is 1. The van der Waals surface area contributed by atoms with E-state index in [0.717, 1.165) is 54.9 Å². The van der Waals surface area contributed by atoms with Gasteiger partial charge in [0.1, 0.15) is 10.8 Å². The summed E-state index contributed by atoms with van der Waals surface area (Å²) in [5.74, 6) is 2.16. The van der Waals surface area contributed by atoms with E-state index in [4.69, 9.17) is 4.74 Å². The first kappa shape index (κ1) is 23.4. The van der Waals surface area contributed by atoms with E-state index in [1.165, 1.54) is 43.0 Å². The Morgan fingerprint density at radius 3 is 2.67 bits per heavy atom. The van der Waals surface area contributed by atoms with Crippen molar-refractivity contribution in [1.82, 2.24) is 15.3 Å². The molecule has 1 amide bonds. The second kappa shape index (κ2) is 11.9. The van der Waals surface area contributed by atoms with E-state index in [0.29, 0.717) is 12.3 Å². The highest BCUT2D eigenvalue weighted by molar-refractivity contribution is 8.00. The summed E-state index contributed by atoms with van der Waals surface area (Å²) >= 11 is 1.46. The lowest BCUT2D eigenvalue weighted by molar-refractivity contribution is -0.118. The summed E-state index contributed by atoms with van der Waals surface area (Å²) in [5, 5.41) is 3.87. The van der Waals surface area contributed by atoms with Gasteiger partial charge in [-0.1, -0.05) is 35.5 Å². The molecule has 1 aromatic carbocycles. The van der Waals surface area contributed by atoms with Crippen molar-refractivity contribution in [3.8, 4) is 5.75 Å². The van der Waals surface area contributed by atoms with E-state index in [1.807, 2.05) is 18.2 Å². The lowest BCUT2D eigenvalue weighted by atomic mass is 9.97. The molecule has 2 aliphatic rings. The SMILES string of the molecule is COc1ccccc1N1CCN(c2nccnc2SCC(=O)NCCC2=CCCCC2)CC1. The van der Waals surface area contributed by atoms with Crippen LogP contribution in [0.1, 0.15) is 32.1 Å². The van der Waals surface area contributed by atoms with Crippen LogP contribution < -0.4 is 19.9 Å². The van der Waals surface area contributed by atoms with Crippen LogP contribution >= 0.6 is 11.8 Å². The molecule has 0 unspecified atom stereocenters. The van der Waals surface area contributed by atoms with Crippen LogP contribution in [0.2, 0.25) is 0 Å². The third-order valence-corrected chi connectivity index (χ3v) is 7.11. The quantitative estimate of drug-likeness (QED) is 0.443. The van der Waals surface area contributed by atoms with E-state index in [-0.39, 0.29) is 5.91 Å². The molecule has 8 heteroatoms. The predicted molar refractivity (Wildman–Crippen MR) is 134 cm³/mol. The van der Waals surface area contributed by atoms with Gasteiger partial charge in [-0.2, -0.15) is 0 Å². The number of carbonyl (C=O) groups excluding carboxylic acids is 1. The van der Waals surface area contributed by atoms with Crippen LogP contribution in [0.5, 0.6) is 5.75 Å². The zero-order chi connectivity index (χ0) is 22.9. The highest BCUT2D eigenvalue weighted by Gasteiger charge is 2.23. The number of aromatic nitrogens is 2. The number of methoxy groups -OCH3 is 1. The Morgan fingerprint density at radius 2 is 1.88 bits per heavy atom. The molecule has 0 spiro atoms. The maximum Gasteiger partial charge on any atom is 0.230 e. The summed E-state index contributed by atoms with van der Waals surface area (Å²) in [4.78, 5) is 26.1. The molecule has 1 N–H and O–H groups in total. The van der Waals surface area contributed by atoms with Crippen LogP contribution in [0.4, 0.5) is 11.5 Å². The molecule has 2 heterocycles. The fourth-order valence-electron chi connectivity index (χ4n) is 4.37. The number of hydrogen-bond acceptors (Lipinski definition) is 7. The monoisotopic (exact) mass is 467 g/mol. The van der Waals surface area contributed by atoms with Crippen LogP contribution in [0, 0.1) is 0 Å². The molecule has 0 radical (unpaired) electrons. The van der Waals surface area contributed by atoms with E-state index >= 15 is 0 Å². The Kier molecular flexibility index (Phi) is 8.47. The normalized spacial score (nSPS) is 16.3. The first-order valence-electron chi connectivity index (χ1n) is 11.8. The van der Waals surface area contributed by atoms with Crippen molar-refractivity contribution in [1.29, 1.82) is 0 Å². The molecule has 4 rings (SSSR count). The number of para-hydroxylation sites is 2. The average Bonchev–Trinajstić information content (AvgIpc) is 2.88. The number of piperazine rings is 1. The Morgan fingerprint density at radius 1 is 1.09 bits per heavy atom. The van der Waals surface area contributed by atoms with Crippen molar-refractivity contribution in [2.45, 2.75) is 37.1 Å².